The number of aromatic nitrogens is 2. The minimum atomic E-state index is -0.465. The Morgan fingerprint density at radius 2 is 2.18 bits per heavy atom. The van der Waals surface area contributed by atoms with Crippen LogP contribution >= 0.6 is 0 Å². The number of para-hydroxylation sites is 1. The zero-order valence-electron chi connectivity index (χ0n) is 11.7. The average molecular weight is 298 g/mol. The first-order valence-corrected chi connectivity index (χ1v) is 7.08. The summed E-state index contributed by atoms with van der Waals surface area (Å²) in [5, 5.41) is 3.24. The number of nitrogen functional groups attached to an aromatic ring is 1. The summed E-state index contributed by atoms with van der Waals surface area (Å²) < 4.78 is 11.0. The monoisotopic (exact) mass is 298 g/mol. The number of ether oxygens (including phenoxy) is 2. The Balaban J connectivity index is 1.76. The van der Waals surface area contributed by atoms with Gasteiger partial charge in [-0.25, -0.2) is 9.97 Å². The molecule has 112 valence electrons. The maximum Gasteiger partial charge on any atom is 0.231 e. The van der Waals surface area contributed by atoms with Gasteiger partial charge in [0, 0.05) is 17.3 Å². The van der Waals surface area contributed by atoms with Gasteiger partial charge < -0.3 is 15.2 Å². The van der Waals surface area contributed by atoms with Gasteiger partial charge in [0.15, 0.2) is 11.5 Å². The molecule has 2 aliphatic rings. The zero-order chi connectivity index (χ0) is 15.1. The highest BCUT2D eigenvalue weighted by Crippen LogP contribution is 2.46. The van der Waals surface area contributed by atoms with Gasteiger partial charge >= 0.3 is 0 Å². The van der Waals surface area contributed by atoms with E-state index in [0.29, 0.717) is 12.8 Å². The SMILES string of the molecule is Nc1ncc2c(n1)CC(c1cccc3c1OCO3)CC2N=O. The second kappa shape index (κ2) is 4.94. The van der Waals surface area contributed by atoms with E-state index in [1.807, 2.05) is 18.2 Å². The normalized spacial score (nSPS) is 22.2. The second-order valence-corrected chi connectivity index (χ2v) is 5.47. The van der Waals surface area contributed by atoms with Gasteiger partial charge in [-0.2, -0.15) is 4.91 Å². The lowest BCUT2D eigenvalue weighted by Gasteiger charge is -2.27. The molecule has 0 radical (unpaired) electrons. The fraction of sp³-hybridized carbons (Fsp3) is 0.333. The first-order chi connectivity index (χ1) is 10.8. The second-order valence-electron chi connectivity index (χ2n) is 5.47. The van der Waals surface area contributed by atoms with Crippen molar-refractivity contribution >= 4 is 5.95 Å². The lowest BCUT2D eigenvalue weighted by atomic mass is 9.80. The molecule has 4 rings (SSSR count). The Morgan fingerprint density at radius 3 is 3.05 bits per heavy atom. The van der Waals surface area contributed by atoms with Crippen LogP contribution in [0.15, 0.2) is 29.6 Å². The molecule has 1 aliphatic heterocycles. The molecule has 1 aromatic heterocycles. The molecular weight excluding hydrogens is 284 g/mol. The van der Waals surface area contributed by atoms with Crippen LogP contribution in [0, 0.1) is 4.91 Å². The molecule has 22 heavy (non-hydrogen) atoms. The van der Waals surface area contributed by atoms with Gasteiger partial charge in [0.05, 0.1) is 5.69 Å². The Kier molecular flexibility index (Phi) is 2.92. The third-order valence-corrected chi connectivity index (χ3v) is 4.22. The molecule has 7 heteroatoms. The van der Waals surface area contributed by atoms with E-state index in [1.54, 1.807) is 6.20 Å². The van der Waals surface area contributed by atoms with Crippen LogP contribution in [0.25, 0.3) is 0 Å². The highest BCUT2D eigenvalue weighted by molar-refractivity contribution is 5.51. The maximum atomic E-state index is 11.2. The molecule has 2 aromatic rings. The van der Waals surface area contributed by atoms with Gasteiger partial charge in [-0.3, -0.25) is 0 Å². The third-order valence-electron chi connectivity index (χ3n) is 4.22. The van der Waals surface area contributed by atoms with Crippen molar-refractivity contribution in [1.29, 1.82) is 0 Å². The standard InChI is InChI=1S/C15H14N4O3/c16-15-17-6-10-11(18-15)4-8(5-12(10)19-20)9-2-1-3-13-14(9)22-7-21-13/h1-3,6,8,12H,4-5,7H2,(H2,16,17,18). The molecule has 2 atom stereocenters. The molecule has 7 nitrogen and oxygen atoms in total. The van der Waals surface area contributed by atoms with E-state index >= 15 is 0 Å². The van der Waals surface area contributed by atoms with Crippen LogP contribution in [-0.2, 0) is 6.42 Å². The van der Waals surface area contributed by atoms with Crippen LogP contribution in [-0.4, -0.2) is 16.8 Å². The molecule has 0 saturated heterocycles. The van der Waals surface area contributed by atoms with Crippen molar-refractivity contribution in [3.8, 4) is 11.5 Å². The van der Waals surface area contributed by atoms with E-state index in [9.17, 15) is 4.91 Å². The molecule has 2 unspecified atom stereocenters. The van der Waals surface area contributed by atoms with E-state index in [1.165, 1.54) is 0 Å². The number of nitrogens with zero attached hydrogens (tertiary/aromatic N) is 3. The predicted molar refractivity (Wildman–Crippen MR) is 78.6 cm³/mol. The zero-order valence-corrected chi connectivity index (χ0v) is 11.7. The largest absolute Gasteiger partial charge is 0.454 e. The maximum absolute atomic E-state index is 11.2. The number of hydrogen-bond donors (Lipinski definition) is 1. The van der Waals surface area contributed by atoms with E-state index < -0.39 is 6.04 Å². The van der Waals surface area contributed by atoms with Gasteiger partial charge in [-0.05, 0) is 24.8 Å². The Bertz CT molecular complexity index is 750. The van der Waals surface area contributed by atoms with E-state index in [0.717, 1.165) is 28.3 Å². The van der Waals surface area contributed by atoms with Crippen molar-refractivity contribution in [1.82, 2.24) is 9.97 Å². The van der Waals surface area contributed by atoms with Crippen LogP contribution in [0.3, 0.4) is 0 Å². The first kappa shape index (κ1) is 13.0. The summed E-state index contributed by atoms with van der Waals surface area (Å²) in [5.41, 5.74) is 8.24. The van der Waals surface area contributed by atoms with Crippen LogP contribution in [0.1, 0.15) is 35.2 Å². The summed E-state index contributed by atoms with van der Waals surface area (Å²) in [7, 11) is 0. The van der Waals surface area contributed by atoms with Crippen molar-refractivity contribution in [3.05, 3.63) is 46.1 Å². The quantitative estimate of drug-likeness (QED) is 0.854. The molecule has 0 fully saturated rings. The van der Waals surface area contributed by atoms with Gasteiger partial charge in [0.25, 0.3) is 0 Å². The average Bonchev–Trinajstić information content (AvgIpc) is 3.01. The van der Waals surface area contributed by atoms with Crippen molar-refractivity contribution in [2.24, 2.45) is 5.18 Å². The van der Waals surface area contributed by atoms with E-state index in [4.69, 9.17) is 15.2 Å². The fourth-order valence-electron chi connectivity index (χ4n) is 3.21. The summed E-state index contributed by atoms with van der Waals surface area (Å²) in [6.45, 7) is 0.222. The van der Waals surface area contributed by atoms with Gasteiger partial charge in [0.1, 0.15) is 6.04 Å². The lowest BCUT2D eigenvalue weighted by Crippen LogP contribution is -2.19. The highest BCUT2D eigenvalue weighted by Gasteiger charge is 2.33. The first-order valence-electron chi connectivity index (χ1n) is 7.08. The van der Waals surface area contributed by atoms with Crippen molar-refractivity contribution in [3.63, 3.8) is 0 Å². The summed E-state index contributed by atoms with van der Waals surface area (Å²) >= 11 is 0. The number of nitroso groups, excluding NO2 is 1. The fourth-order valence-corrected chi connectivity index (χ4v) is 3.21. The molecular formula is C15H14N4O3. The molecule has 0 bridgehead atoms. The topological polar surface area (TPSA) is 99.7 Å². The molecule has 0 saturated carbocycles. The van der Waals surface area contributed by atoms with Gasteiger partial charge in [0.2, 0.25) is 12.7 Å². The molecule has 1 aliphatic carbocycles. The van der Waals surface area contributed by atoms with Crippen molar-refractivity contribution < 1.29 is 9.47 Å². The summed E-state index contributed by atoms with van der Waals surface area (Å²) in [5.74, 6) is 1.78. The predicted octanol–water partition coefficient (Wildman–Crippen LogP) is 2.33. The van der Waals surface area contributed by atoms with Crippen LogP contribution in [0.2, 0.25) is 0 Å². The van der Waals surface area contributed by atoms with E-state index in [-0.39, 0.29) is 18.7 Å². The molecule has 2 heterocycles. The van der Waals surface area contributed by atoms with E-state index in [2.05, 4.69) is 15.1 Å². The molecule has 2 N–H and O–H groups in total. The van der Waals surface area contributed by atoms with Crippen LogP contribution in [0.4, 0.5) is 5.95 Å². The summed E-state index contributed by atoms with van der Waals surface area (Å²) in [6.07, 6.45) is 2.88. The summed E-state index contributed by atoms with van der Waals surface area (Å²) in [6, 6.07) is 5.33. The Labute approximate surface area is 126 Å². The number of hydrogen-bond acceptors (Lipinski definition) is 7. The molecule has 0 spiro atoms. The number of nitrogens with two attached hydrogens (primary N) is 1. The van der Waals surface area contributed by atoms with Crippen molar-refractivity contribution in [2.75, 3.05) is 12.5 Å². The third kappa shape index (κ3) is 1.97. The molecule has 0 amide bonds. The Morgan fingerprint density at radius 1 is 1.27 bits per heavy atom. The molecule has 1 aromatic carbocycles. The smallest absolute Gasteiger partial charge is 0.231 e. The van der Waals surface area contributed by atoms with Gasteiger partial charge in [-0.15, -0.1) is 0 Å². The number of fused-ring (bicyclic) bond motifs is 2. The minimum Gasteiger partial charge on any atom is -0.454 e. The van der Waals surface area contributed by atoms with Crippen LogP contribution in [0.5, 0.6) is 11.5 Å². The number of rotatable bonds is 2. The summed E-state index contributed by atoms with van der Waals surface area (Å²) in [4.78, 5) is 19.5. The van der Waals surface area contributed by atoms with Gasteiger partial charge in [-0.1, -0.05) is 17.3 Å². The number of benzene rings is 1. The lowest BCUT2D eigenvalue weighted by molar-refractivity contribution is 0.172. The van der Waals surface area contributed by atoms with Crippen LogP contribution < -0.4 is 15.2 Å². The Hall–Kier alpha value is -2.70. The van der Waals surface area contributed by atoms with Crippen molar-refractivity contribution in [2.45, 2.75) is 24.8 Å². The highest BCUT2D eigenvalue weighted by atomic mass is 16.7. The minimum absolute atomic E-state index is 0.0844. The number of anilines is 1.